The van der Waals surface area contributed by atoms with Crippen molar-refractivity contribution in [3.63, 3.8) is 0 Å². The van der Waals surface area contributed by atoms with Crippen LogP contribution in [0.25, 0.3) is 0 Å². The van der Waals surface area contributed by atoms with Gasteiger partial charge in [0.05, 0.1) is 0 Å². The van der Waals surface area contributed by atoms with Crippen LogP contribution in [0, 0.1) is 12.8 Å². The van der Waals surface area contributed by atoms with Gasteiger partial charge in [0.2, 0.25) is 0 Å². The van der Waals surface area contributed by atoms with E-state index in [2.05, 4.69) is 17.2 Å². The average Bonchev–Trinajstić information content (AvgIpc) is 2.58. The maximum Gasteiger partial charge on any atom is 0.272 e. The molecule has 5 heteroatoms. The molecule has 0 radical (unpaired) electrons. The molecule has 1 amide bonds. The Labute approximate surface area is 147 Å². The summed E-state index contributed by atoms with van der Waals surface area (Å²) in [5, 5.41) is 4.05. The van der Waals surface area contributed by atoms with Gasteiger partial charge in [-0.15, -0.1) is 0 Å². The van der Waals surface area contributed by atoms with Crippen LogP contribution in [-0.4, -0.2) is 28.9 Å². The molecule has 0 bridgehead atoms. The lowest BCUT2D eigenvalue weighted by Gasteiger charge is -2.30. The third kappa shape index (κ3) is 3.88. The first-order valence-corrected chi connectivity index (χ1v) is 8.69. The molecule has 1 fully saturated rings. The molecule has 0 unspecified atom stereocenters. The molecule has 1 aromatic heterocycles. The van der Waals surface area contributed by atoms with E-state index in [4.69, 9.17) is 11.6 Å². The minimum Gasteiger partial charge on any atom is -0.355 e. The predicted octanol–water partition coefficient (Wildman–Crippen LogP) is 4.66. The molecule has 0 spiro atoms. The van der Waals surface area contributed by atoms with E-state index in [1.54, 1.807) is 6.20 Å². The van der Waals surface area contributed by atoms with Crippen LogP contribution in [-0.2, 0) is 0 Å². The van der Waals surface area contributed by atoms with Crippen LogP contribution in [0.1, 0.15) is 35.8 Å². The zero-order valence-electron chi connectivity index (χ0n) is 14.1. The molecule has 1 saturated heterocycles. The van der Waals surface area contributed by atoms with Crippen molar-refractivity contribution in [3.8, 4) is 0 Å². The van der Waals surface area contributed by atoms with Crippen LogP contribution in [0.5, 0.6) is 0 Å². The van der Waals surface area contributed by atoms with Gasteiger partial charge in [0.1, 0.15) is 5.69 Å². The van der Waals surface area contributed by atoms with Crippen LogP contribution >= 0.6 is 11.6 Å². The van der Waals surface area contributed by atoms with Gasteiger partial charge in [-0.1, -0.05) is 18.5 Å². The molecule has 0 aliphatic carbocycles. The van der Waals surface area contributed by atoms with Crippen molar-refractivity contribution >= 4 is 28.9 Å². The second-order valence-electron chi connectivity index (χ2n) is 6.49. The second kappa shape index (κ2) is 7.22. The Morgan fingerprint density at radius 1 is 1.25 bits per heavy atom. The molecule has 2 heterocycles. The summed E-state index contributed by atoms with van der Waals surface area (Å²) in [5.74, 6) is 0.710. The van der Waals surface area contributed by atoms with Crippen molar-refractivity contribution in [1.82, 2.24) is 9.88 Å². The van der Waals surface area contributed by atoms with Gasteiger partial charge in [0.15, 0.2) is 0 Å². The van der Waals surface area contributed by atoms with Crippen LogP contribution in [0.2, 0.25) is 5.02 Å². The largest absolute Gasteiger partial charge is 0.355 e. The van der Waals surface area contributed by atoms with E-state index in [1.807, 2.05) is 42.2 Å². The number of carbonyl (C=O) groups excluding carboxylic acids is 1. The summed E-state index contributed by atoms with van der Waals surface area (Å²) in [6.45, 7) is 5.86. The summed E-state index contributed by atoms with van der Waals surface area (Å²) in [4.78, 5) is 18.8. The summed E-state index contributed by atoms with van der Waals surface area (Å²) in [7, 11) is 0. The van der Waals surface area contributed by atoms with Gasteiger partial charge in [-0.05, 0) is 61.6 Å². The van der Waals surface area contributed by atoms with Crippen LogP contribution in [0.3, 0.4) is 0 Å². The third-order valence-corrected chi connectivity index (χ3v) is 4.75. The van der Waals surface area contributed by atoms with Crippen LogP contribution < -0.4 is 5.32 Å². The lowest BCUT2D eigenvalue weighted by atomic mass is 9.99. The molecule has 1 aromatic carbocycles. The second-order valence-corrected chi connectivity index (χ2v) is 6.93. The number of aromatic nitrogens is 1. The lowest BCUT2D eigenvalue weighted by molar-refractivity contribution is 0.0691. The Bertz CT molecular complexity index is 739. The number of anilines is 2. The third-order valence-electron chi connectivity index (χ3n) is 4.52. The van der Waals surface area contributed by atoms with Gasteiger partial charge in [0.25, 0.3) is 5.91 Å². The molecule has 0 atom stereocenters. The fourth-order valence-electron chi connectivity index (χ4n) is 2.92. The quantitative estimate of drug-likeness (QED) is 0.881. The Balaban J connectivity index is 1.75. The zero-order chi connectivity index (χ0) is 17.1. The van der Waals surface area contributed by atoms with E-state index in [1.165, 1.54) is 0 Å². The average molecular weight is 344 g/mol. The van der Waals surface area contributed by atoms with Crippen molar-refractivity contribution in [2.24, 2.45) is 5.92 Å². The van der Waals surface area contributed by atoms with Crippen molar-refractivity contribution < 1.29 is 4.79 Å². The van der Waals surface area contributed by atoms with Crippen molar-refractivity contribution in [1.29, 1.82) is 0 Å². The Hall–Kier alpha value is -2.07. The van der Waals surface area contributed by atoms with Gasteiger partial charge in [-0.25, -0.2) is 0 Å². The summed E-state index contributed by atoms with van der Waals surface area (Å²) in [6, 6.07) is 9.37. The standard InChI is InChI=1S/C19H22ClN3O/c1-13-6-9-23(10-7-13)19(24)18-12-16(5-8-21-18)22-17-4-3-15(20)11-14(17)2/h3-5,8,11-13H,6-7,9-10H2,1-2H3,(H,21,22). The van der Waals surface area contributed by atoms with Gasteiger partial charge in [-0.2, -0.15) is 0 Å². The number of aryl methyl sites for hydroxylation is 1. The molecule has 1 aliphatic rings. The normalized spacial score (nSPS) is 15.4. The molecule has 2 aromatic rings. The van der Waals surface area contributed by atoms with E-state index in [0.717, 1.165) is 42.9 Å². The number of hydrogen-bond donors (Lipinski definition) is 1. The molecular weight excluding hydrogens is 322 g/mol. The van der Waals surface area contributed by atoms with Gasteiger partial charge in [-0.3, -0.25) is 9.78 Å². The molecular formula is C19H22ClN3O. The van der Waals surface area contributed by atoms with Gasteiger partial charge >= 0.3 is 0 Å². The topological polar surface area (TPSA) is 45.2 Å². The van der Waals surface area contributed by atoms with Crippen molar-refractivity contribution in [3.05, 3.63) is 52.8 Å². The molecule has 3 rings (SSSR count). The van der Waals surface area contributed by atoms with Crippen molar-refractivity contribution in [2.75, 3.05) is 18.4 Å². The number of benzene rings is 1. The van der Waals surface area contributed by atoms with E-state index in [0.29, 0.717) is 16.6 Å². The van der Waals surface area contributed by atoms with Gasteiger partial charge in [0, 0.05) is 35.7 Å². The number of nitrogens with zero attached hydrogens (tertiary/aromatic N) is 2. The zero-order valence-corrected chi connectivity index (χ0v) is 14.8. The van der Waals surface area contributed by atoms with E-state index >= 15 is 0 Å². The number of rotatable bonds is 3. The Morgan fingerprint density at radius 3 is 2.71 bits per heavy atom. The first-order chi connectivity index (χ1) is 11.5. The monoisotopic (exact) mass is 343 g/mol. The minimum absolute atomic E-state index is 0.0124. The number of amides is 1. The molecule has 4 nitrogen and oxygen atoms in total. The molecule has 1 aliphatic heterocycles. The maximum atomic E-state index is 12.6. The highest BCUT2D eigenvalue weighted by Crippen LogP contribution is 2.24. The minimum atomic E-state index is 0.0124. The number of carbonyl (C=O) groups is 1. The number of piperidine rings is 1. The summed E-state index contributed by atoms with van der Waals surface area (Å²) < 4.78 is 0. The van der Waals surface area contributed by atoms with Crippen LogP contribution in [0.4, 0.5) is 11.4 Å². The number of halogens is 1. The summed E-state index contributed by atoms with van der Waals surface area (Å²) in [5.41, 5.74) is 3.36. The number of hydrogen-bond acceptors (Lipinski definition) is 3. The lowest BCUT2D eigenvalue weighted by Crippen LogP contribution is -2.38. The highest BCUT2D eigenvalue weighted by atomic mass is 35.5. The molecule has 0 saturated carbocycles. The smallest absolute Gasteiger partial charge is 0.272 e. The number of likely N-dealkylation sites (tertiary alicyclic amines) is 1. The highest BCUT2D eigenvalue weighted by Gasteiger charge is 2.22. The first kappa shape index (κ1) is 16.8. The van der Waals surface area contributed by atoms with E-state index < -0.39 is 0 Å². The highest BCUT2D eigenvalue weighted by molar-refractivity contribution is 6.30. The van der Waals surface area contributed by atoms with Gasteiger partial charge < -0.3 is 10.2 Å². The number of nitrogens with one attached hydrogen (secondary N) is 1. The van der Waals surface area contributed by atoms with Crippen molar-refractivity contribution in [2.45, 2.75) is 26.7 Å². The SMILES string of the molecule is Cc1cc(Cl)ccc1Nc1ccnc(C(=O)N2CCC(C)CC2)c1. The first-order valence-electron chi connectivity index (χ1n) is 8.31. The maximum absolute atomic E-state index is 12.6. The molecule has 24 heavy (non-hydrogen) atoms. The van der Waals surface area contributed by atoms with E-state index in [-0.39, 0.29) is 5.91 Å². The molecule has 126 valence electrons. The van der Waals surface area contributed by atoms with E-state index in [9.17, 15) is 4.79 Å². The summed E-state index contributed by atoms with van der Waals surface area (Å²) >= 11 is 6.00. The fraction of sp³-hybridized carbons (Fsp3) is 0.368. The summed E-state index contributed by atoms with van der Waals surface area (Å²) in [6.07, 6.45) is 3.80. The predicted molar refractivity (Wildman–Crippen MR) is 98.0 cm³/mol. The molecule has 1 N–H and O–H groups in total. The Morgan fingerprint density at radius 2 is 2.00 bits per heavy atom. The fourth-order valence-corrected chi connectivity index (χ4v) is 3.15. The number of pyridine rings is 1. The Kier molecular flexibility index (Phi) is 5.05. The van der Waals surface area contributed by atoms with Crippen LogP contribution in [0.15, 0.2) is 36.5 Å².